The van der Waals surface area contributed by atoms with Gasteiger partial charge in [0.25, 0.3) is 11.6 Å². The second-order valence-corrected chi connectivity index (χ2v) is 5.96. The van der Waals surface area contributed by atoms with Crippen molar-refractivity contribution in [2.24, 2.45) is 0 Å². The van der Waals surface area contributed by atoms with Gasteiger partial charge in [-0.1, -0.05) is 34.1 Å². The van der Waals surface area contributed by atoms with Crippen molar-refractivity contribution in [1.82, 2.24) is 4.90 Å². The van der Waals surface area contributed by atoms with E-state index in [2.05, 4.69) is 15.9 Å². The molecule has 0 unspecified atom stereocenters. The molecular formula is C16H15BrN2O3. The standard InChI is InChI=1S/C16H15BrN2O3/c1-11-3-6-13(9-15(11)19(21)22)16(20)18(2)10-12-4-7-14(17)8-5-12/h3-9H,10H2,1-2H3. The van der Waals surface area contributed by atoms with Gasteiger partial charge in [0, 0.05) is 35.3 Å². The molecule has 5 nitrogen and oxygen atoms in total. The number of hydrogen-bond donors (Lipinski definition) is 0. The first-order valence-corrected chi connectivity index (χ1v) is 7.42. The Kier molecular flexibility index (Phi) is 4.92. The highest BCUT2D eigenvalue weighted by Gasteiger charge is 2.17. The Morgan fingerprint density at radius 2 is 1.86 bits per heavy atom. The minimum absolute atomic E-state index is 0.0390. The molecule has 0 aliphatic rings. The molecule has 0 saturated heterocycles. The number of benzene rings is 2. The van der Waals surface area contributed by atoms with Crippen LogP contribution in [0, 0.1) is 17.0 Å². The molecular weight excluding hydrogens is 348 g/mol. The van der Waals surface area contributed by atoms with E-state index >= 15 is 0 Å². The van der Waals surface area contributed by atoms with Crippen LogP contribution in [0.2, 0.25) is 0 Å². The molecule has 0 radical (unpaired) electrons. The van der Waals surface area contributed by atoms with Crippen molar-refractivity contribution in [3.63, 3.8) is 0 Å². The topological polar surface area (TPSA) is 63.5 Å². The third-order valence-corrected chi connectivity index (χ3v) is 3.86. The molecule has 0 bridgehead atoms. The Labute approximate surface area is 136 Å². The molecule has 0 saturated carbocycles. The van der Waals surface area contributed by atoms with Gasteiger partial charge in [0.05, 0.1) is 4.92 Å². The molecule has 0 aromatic heterocycles. The summed E-state index contributed by atoms with van der Waals surface area (Å²) >= 11 is 3.36. The zero-order valence-corrected chi connectivity index (χ0v) is 13.8. The number of amides is 1. The van der Waals surface area contributed by atoms with Gasteiger partial charge < -0.3 is 4.90 Å². The van der Waals surface area contributed by atoms with Crippen LogP contribution >= 0.6 is 15.9 Å². The average Bonchev–Trinajstić information content (AvgIpc) is 2.49. The van der Waals surface area contributed by atoms with Gasteiger partial charge in [0.15, 0.2) is 0 Å². The molecule has 0 N–H and O–H groups in total. The van der Waals surface area contributed by atoms with E-state index in [4.69, 9.17) is 0 Å². The molecule has 2 aromatic carbocycles. The predicted molar refractivity (Wildman–Crippen MR) is 87.8 cm³/mol. The highest BCUT2D eigenvalue weighted by Crippen LogP contribution is 2.20. The Morgan fingerprint density at radius 3 is 2.45 bits per heavy atom. The van der Waals surface area contributed by atoms with Crippen LogP contribution < -0.4 is 0 Å². The highest BCUT2D eigenvalue weighted by molar-refractivity contribution is 9.10. The van der Waals surface area contributed by atoms with Gasteiger partial charge in [-0.15, -0.1) is 0 Å². The molecule has 1 amide bonds. The van der Waals surface area contributed by atoms with Gasteiger partial charge in [-0.2, -0.15) is 0 Å². The van der Waals surface area contributed by atoms with Crippen LogP contribution in [0.25, 0.3) is 0 Å². The van der Waals surface area contributed by atoms with Crippen LogP contribution in [0.4, 0.5) is 5.69 Å². The van der Waals surface area contributed by atoms with E-state index in [9.17, 15) is 14.9 Å². The maximum atomic E-state index is 12.4. The summed E-state index contributed by atoms with van der Waals surface area (Å²) in [6.45, 7) is 2.09. The summed E-state index contributed by atoms with van der Waals surface area (Å²) in [6, 6.07) is 12.2. The van der Waals surface area contributed by atoms with Crippen molar-refractivity contribution in [1.29, 1.82) is 0 Å². The van der Waals surface area contributed by atoms with Gasteiger partial charge in [-0.05, 0) is 30.7 Å². The van der Waals surface area contributed by atoms with Crippen molar-refractivity contribution in [2.45, 2.75) is 13.5 Å². The van der Waals surface area contributed by atoms with Crippen molar-refractivity contribution >= 4 is 27.5 Å². The average molecular weight is 363 g/mol. The van der Waals surface area contributed by atoms with Gasteiger partial charge in [-0.3, -0.25) is 14.9 Å². The first-order valence-electron chi connectivity index (χ1n) is 6.63. The summed E-state index contributed by atoms with van der Waals surface area (Å²) in [5, 5.41) is 11.0. The van der Waals surface area contributed by atoms with Crippen molar-refractivity contribution in [3.8, 4) is 0 Å². The number of nitro benzene ring substituents is 1. The molecule has 114 valence electrons. The molecule has 22 heavy (non-hydrogen) atoms. The van der Waals surface area contributed by atoms with Crippen molar-refractivity contribution in [2.75, 3.05) is 7.05 Å². The third kappa shape index (κ3) is 3.71. The molecule has 0 atom stereocenters. The molecule has 2 rings (SSSR count). The molecule has 0 aliphatic heterocycles. The SMILES string of the molecule is Cc1ccc(C(=O)N(C)Cc2ccc(Br)cc2)cc1[N+](=O)[O-]. The summed E-state index contributed by atoms with van der Waals surface area (Å²) < 4.78 is 0.972. The first-order chi connectivity index (χ1) is 10.4. The van der Waals surface area contributed by atoms with Gasteiger partial charge in [-0.25, -0.2) is 0 Å². The Bertz CT molecular complexity index is 714. The van der Waals surface area contributed by atoms with E-state index < -0.39 is 4.92 Å². The van der Waals surface area contributed by atoms with Crippen LogP contribution in [-0.4, -0.2) is 22.8 Å². The molecule has 2 aromatic rings. The smallest absolute Gasteiger partial charge is 0.273 e. The summed E-state index contributed by atoms with van der Waals surface area (Å²) in [5.74, 6) is -0.244. The molecule has 0 fully saturated rings. The van der Waals surface area contributed by atoms with E-state index in [-0.39, 0.29) is 11.6 Å². The quantitative estimate of drug-likeness (QED) is 0.611. The number of carbonyl (C=O) groups is 1. The Balaban J connectivity index is 2.18. The fourth-order valence-electron chi connectivity index (χ4n) is 2.09. The number of hydrogen-bond acceptors (Lipinski definition) is 3. The molecule has 0 aliphatic carbocycles. The predicted octanol–water partition coefficient (Wildman–Crippen LogP) is 3.94. The monoisotopic (exact) mass is 362 g/mol. The molecule has 0 heterocycles. The number of halogens is 1. The molecule has 0 spiro atoms. The second kappa shape index (κ2) is 6.70. The summed E-state index contributed by atoms with van der Waals surface area (Å²) in [4.78, 5) is 24.4. The van der Waals surface area contributed by atoms with Crippen molar-refractivity contribution < 1.29 is 9.72 Å². The summed E-state index contributed by atoms with van der Waals surface area (Å²) in [7, 11) is 1.68. The van der Waals surface area contributed by atoms with Crippen LogP contribution in [-0.2, 0) is 6.54 Å². The third-order valence-electron chi connectivity index (χ3n) is 3.33. The van der Waals surface area contributed by atoms with Gasteiger partial charge in [0.2, 0.25) is 0 Å². The lowest BCUT2D eigenvalue weighted by atomic mass is 10.1. The highest BCUT2D eigenvalue weighted by atomic mass is 79.9. The summed E-state index contributed by atoms with van der Waals surface area (Å²) in [6.07, 6.45) is 0. The van der Waals surface area contributed by atoms with Crippen LogP contribution in [0.5, 0.6) is 0 Å². The van der Waals surface area contributed by atoms with Gasteiger partial charge in [0.1, 0.15) is 0 Å². The number of nitrogens with zero attached hydrogens (tertiary/aromatic N) is 2. The second-order valence-electron chi connectivity index (χ2n) is 5.05. The largest absolute Gasteiger partial charge is 0.337 e. The zero-order valence-electron chi connectivity index (χ0n) is 12.2. The Morgan fingerprint density at radius 1 is 1.23 bits per heavy atom. The van der Waals surface area contributed by atoms with Crippen LogP contribution in [0.3, 0.4) is 0 Å². The number of nitro groups is 1. The lowest BCUT2D eigenvalue weighted by molar-refractivity contribution is -0.385. The minimum Gasteiger partial charge on any atom is -0.337 e. The number of rotatable bonds is 4. The van der Waals surface area contributed by atoms with E-state index in [1.807, 2.05) is 24.3 Å². The van der Waals surface area contributed by atoms with Crippen molar-refractivity contribution in [3.05, 3.63) is 73.7 Å². The van der Waals surface area contributed by atoms with Crippen LogP contribution in [0.15, 0.2) is 46.9 Å². The van der Waals surface area contributed by atoms with E-state index in [0.717, 1.165) is 10.0 Å². The fourth-order valence-corrected chi connectivity index (χ4v) is 2.36. The van der Waals surface area contributed by atoms with Crippen LogP contribution in [0.1, 0.15) is 21.5 Å². The maximum Gasteiger partial charge on any atom is 0.273 e. The minimum atomic E-state index is -0.471. The van der Waals surface area contributed by atoms with E-state index in [0.29, 0.717) is 17.7 Å². The Hall–Kier alpha value is -2.21. The molecule has 6 heteroatoms. The van der Waals surface area contributed by atoms with E-state index in [1.54, 1.807) is 26.1 Å². The normalized spacial score (nSPS) is 10.3. The van der Waals surface area contributed by atoms with Gasteiger partial charge >= 0.3 is 0 Å². The number of carbonyl (C=O) groups excluding carboxylic acids is 1. The lowest BCUT2D eigenvalue weighted by Gasteiger charge is -2.17. The summed E-state index contributed by atoms with van der Waals surface area (Å²) in [5.41, 5.74) is 1.80. The number of aryl methyl sites for hydroxylation is 1. The van der Waals surface area contributed by atoms with E-state index in [1.165, 1.54) is 11.0 Å². The maximum absolute atomic E-state index is 12.4. The zero-order chi connectivity index (χ0) is 16.3. The first kappa shape index (κ1) is 16.2. The fraction of sp³-hybridized carbons (Fsp3) is 0.188. The lowest BCUT2D eigenvalue weighted by Crippen LogP contribution is -2.26.